The van der Waals surface area contributed by atoms with E-state index in [9.17, 15) is 13.6 Å². The van der Waals surface area contributed by atoms with Crippen LogP contribution in [0.5, 0.6) is 0 Å². The number of imidazole rings is 1. The Labute approximate surface area is 116 Å². The lowest BCUT2D eigenvalue weighted by atomic mass is 10.1. The van der Waals surface area contributed by atoms with E-state index in [0.717, 1.165) is 5.69 Å². The first-order valence-electron chi connectivity index (χ1n) is 6.55. The van der Waals surface area contributed by atoms with E-state index in [0.29, 0.717) is 18.7 Å². The molecular weight excluding hydrogens is 268 g/mol. The molecule has 0 bridgehead atoms. The van der Waals surface area contributed by atoms with Crippen LogP contribution >= 0.6 is 0 Å². The van der Waals surface area contributed by atoms with Gasteiger partial charge in [0.15, 0.2) is 0 Å². The summed E-state index contributed by atoms with van der Waals surface area (Å²) in [5.74, 6) is 0. The molecule has 1 aromatic heterocycles. The number of halogens is 2. The third kappa shape index (κ3) is 3.46. The molecule has 112 valence electrons. The van der Waals surface area contributed by atoms with Crippen LogP contribution < -0.4 is 0 Å². The topological polar surface area (TPSA) is 47.4 Å². The van der Waals surface area contributed by atoms with E-state index < -0.39 is 24.7 Å². The second-order valence-corrected chi connectivity index (χ2v) is 5.83. The Bertz CT molecular complexity index is 494. The Kier molecular flexibility index (Phi) is 3.96. The van der Waals surface area contributed by atoms with Crippen LogP contribution in [-0.4, -0.2) is 39.1 Å². The van der Waals surface area contributed by atoms with Gasteiger partial charge in [0.25, 0.3) is 6.43 Å². The lowest BCUT2D eigenvalue weighted by Crippen LogP contribution is -2.40. The monoisotopic (exact) mass is 287 g/mol. The second kappa shape index (κ2) is 5.38. The highest BCUT2D eigenvalue weighted by Gasteiger charge is 2.28. The Morgan fingerprint density at radius 1 is 1.50 bits per heavy atom. The summed E-state index contributed by atoms with van der Waals surface area (Å²) in [5.41, 5.74) is 0.883. The summed E-state index contributed by atoms with van der Waals surface area (Å²) in [5, 5.41) is 0. The molecule has 2 heterocycles. The lowest BCUT2D eigenvalue weighted by molar-refractivity contribution is 0.0216. The van der Waals surface area contributed by atoms with Crippen LogP contribution in [0, 0.1) is 0 Å². The molecule has 0 spiro atoms. The maximum absolute atomic E-state index is 12.5. The zero-order valence-electron chi connectivity index (χ0n) is 11.9. The molecule has 2 rings (SSSR count). The van der Waals surface area contributed by atoms with Crippen molar-refractivity contribution >= 4 is 6.09 Å². The number of nitrogens with zero attached hydrogens (tertiary/aromatic N) is 3. The Morgan fingerprint density at radius 3 is 2.80 bits per heavy atom. The van der Waals surface area contributed by atoms with E-state index in [1.54, 1.807) is 20.8 Å². The first kappa shape index (κ1) is 14.7. The Morgan fingerprint density at radius 2 is 2.20 bits per heavy atom. The highest BCUT2D eigenvalue weighted by atomic mass is 19.3. The molecule has 1 aliphatic rings. The molecule has 0 aliphatic carbocycles. The average molecular weight is 287 g/mol. The number of alkyl halides is 2. The van der Waals surface area contributed by atoms with Crippen LogP contribution in [0.1, 0.15) is 32.2 Å². The van der Waals surface area contributed by atoms with Gasteiger partial charge in [0, 0.05) is 13.0 Å². The minimum atomic E-state index is -2.44. The van der Waals surface area contributed by atoms with Crippen molar-refractivity contribution in [2.45, 2.75) is 52.3 Å². The van der Waals surface area contributed by atoms with Gasteiger partial charge in [-0.1, -0.05) is 0 Å². The van der Waals surface area contributed by atoms with Gasteiger partial charge in [-0.2, -0.15) is 0 Å². The zero-order valence-corrected chi connectivity index (χ0v) is 11.9. The maximum Gasteiger partial charge on any atom is 0.410 e. The fraction of sp³-hybridized carbons (Fsp3) is 0.692. The summed E-state index contributed by atoms with van der Waals surface area (Å²) in [6.07, 6.45) is -0.890. The summed E-state index contributed by atoms with van der Waals surface area (Å²) in [6, 6.07) is 0. The standard InChI is InChI=1S/C13H19F2N3O2/c1-13(2,3)20-12(19)17-5-4-9-10(6-17)18(8-16-9)7-11(14)15/h8,11H,4-7H2,1-3H3. The van der Waals surface area contributed by atoms with Gasteiger partial charge in [0.05, 0.1) is 30.8 Å². The van der Waals surface area contributed by atoms with Crippen molar-refractivity contribution in [3.63, 3.8) is 0 Å². The van der Waals surface area contributed by atoms with E-state index >= 15 is 0 Å². The minimum absolute atomic E-state index is 0.261. The number of hydrogen-bond donors (Lipinski definition) is 0. The normalized spacial score (nSPS) is 15.4. The van der Waals surface area contributed by atoms with Crippen LogP contribution in [0.15, 0.2) is 6.33 Å². The molecule has 0 N–H and O–H groups in total. The summed E-state index contributed by atoms with van der Waals surface area (Å²) in [6.45, 7) is 5.74. The number of carbonyl (C=O) groups is 1. The van der Waals surface area contributed by atoms with E-state index in [2.05, 4.69) is 4.98 Å². The van der Waals surface area contributed by atoms with Gasteiger partial charge in [-0.15, -0.1) is 0 Å². The fourth-order valence-corrected chi connectivity index (χ4v) is 2.13. The van der Waals surface area contributed by atoms with E-state index in [4.69, 9.17) is 4.74 Å². The fourth-order valence-electron chi connectivity index (χ4n) is 2.13. The largest absolute Gasteiger partial charge is 0.444 e. The van der Waals surface area contributed by atoms with Crippen molar-refractivity contribution in [2.75, 3.05) is 6.54 Å². The molecule has 0 radical (unpaired) electrons. The van der Waals surface area contributed by atoms with Gasteiger partial charge in [-0.25, -0.2) is 18.6 Å². The van der Waals surface area contributed by atoms with E-state index in [-0.39, 0.29) is 6.54 Å². The van der Waals surface area contributed by atoms with Crippen molar-refractivity contribution in [3.05, 3.63) is 17.7 Å². The molecule has 1 aromatic rings. The predicted octanol–water partition coefficient (Wildman–Crippen LogP) is 2.44. The Hall–Kier alpha value is -1.66. The number of amides is 1. The number of carbonyl (C=O) groups excluding carboxylic acids is 1. The molecule has 0 aromatic carbocycles. The average Bonchev–Trinajstić information content (AvgIpc) is 2.69. The number of fused-ring (bicyclic) bond motifs is 1. The van der Waals surface area contributed by atoms with Gasteiger partial charge in [0.1, 0.15) is 5.60 Å². The number of aromatic nitrogens is 2. The third-order valence-corrected chi connectivity index (χ3v) is 2.98. The Balaban J connectivity index is 2.09. The summed E-state index contributed by atoms with van der Waals surface area (Å²) in [4.78, 5) is 17.7. The highest BCUT2D eigenvalue weighted by molar-refractivity contribution is 5.68. The van der Waals surface area contributed by atoms with E-state index in [1.807, 2.05) is 0 Å². The molecule has 7 heteroatoms. The van der Waals surface area contributed by atoms with Crippen molar-refractivity contribution in [1.29, 1.82) is 0 Å². The third-order valence-electron chi connectivity index (χ3n) is 2.98. The molecular formula is C13H19F2N3O2. The zero-order chi connectivity index (χ0) is 14.9. The molecule has 20 heavy (non-hydrogen) atoms. The van der Waals surface area contributed by atoms with Gasteiger partial charge in [0.2, 0.25) is 0 Å². The van der Waals surface area contributed by atoms with Crippen LogP contribution in [0.2, 0.25) is 0 Å². The van der Waals surface area contributed by atoms with Crippen LogP contribution in [0.25, 0.3) is 0 Å². The highest BCUT2D eigenvalue weighted by Crippen LogP contribution is 2.21. The molecule has 0 saturated carbocycles. The minimum Gasteiger partial charge on any atom is -0.444 e. The molecule has 0 unspecified atom stereocenters. The summed E-state index contributed by atoms with van der Waals surface area (Å²) < 4.78 is 31.7. The van der Waals surface area contributed by atoms with Crippen molar-refractivity contribution in [2.24, 2.45) is 0 Å². The quantitative estimate of drug-likeness (QED) is 0.839. The second-order valence-electron chi connectivity index (χ2n) is 5.83. The lowest BCUT2D eigenvalue weighted by Gasteiger charge is -2.30. The first-order valence-corrected chi connectivity index (χ1v) is 6.55. The first-order chi connectivity index (χ1) is 9.26. The molecule has 0 saturated heterocycles. The van der Waals surface area contributed by atoms with Gasteiger partial charge < -0.3 is 14.2 Å². The van der Waals surface area contributed by atoms with Crippen LogP contribution in [-0.2, 0) is 24.2 Å². The van der Waals surface area contributed by atoms with Crippen LogP contribution in [0.3, 0.4) is 0 Å². The molecule has 0 fully saturated rings. The molecule has 1 amide bonds. The number of ether oxygens (including phenoxy) is 1. The number of rotatable bonds is 2. The SMILES string of the molecule is CC(C)(C)OC(=O)N1CCc2ncn(CC(F)F)c2C1. The number of hydrogen-bond acceptors (Lipinski definition) is 3. The summed E-state index contributed by atoms with van der Waals surface area (Å²) >= 11 is 0. The molecule has 5 nitrogen and oxygen atoms in total. The van der Waals surface area contributed by atoms with E-state index in [1.165, 1.54) is 15.8 Å². The van der Waals surface area contributed by atoms with Gasteiger partial charge >= 0.3 is 6.09 Å². The molecule has 0 atom stereocenters. The van der Waals surface area contributed by atoms with Crippen LogP contribution in [0.4, 0.5) is 13.6 Å². The smallest absolute Gasteiger partial charge is 0.410 e. The molecule has 1 aliphatic heterocycles. The predicted molar refractivity (Wildman–Crippen MR) is 68.6 cm³/mol. The van der Waals surface area contributed by atoms with Crippen molar-refractivity contribution in [3.8, 4) is 0 Å². The maximum atomic E-state index is 12.5. The van der Waals surface area contributed by atoms with Crippen molar-refractivity contribution < 1.29 is 18.3 Å². The van der Waals surface area contributed by atoms with Gasteiger partial charge in [-0.05, 0) is 20.8 Å². The van der Waals surface area contributed by atoms with Gasteiger partial charge in [-0.3, -0.25) is 0 Å². The summed E-state index contributed by atoms with van der Waals surface area (Å²) in [7, 11) is 0. The van der Waals surface area contributed by atoms with Crippen molar-refractivity contribution in [1.82, 2.24) is 14.5 Å².